The van der Waals surface area contributed by atoms with Crippen LogP contribution in [-0.2, 0) is 17.8 Å². The molecule has 22 heavy (non-hydrogen) atoms. The molecule has 1 aromatic rings. The molecule has 1 saturated heterocycles. The zero-order valence-electron chi connectivity index (χ0n) is 13.7. The monoisotopic (exact) mass is 324 g/mol. The van der Waals surface area contributed by atoms with Gasteiger partial charge in [0.2, 0.25) is 5.91 Å². The summed E-state index contributed by atoms with van der Waals surface area (Å²) in [5.41, 5.74) is 2.56. The maximum absolute atomic E-state index is 12.1. The Kier molecular flexibility index (Phi) is 8.51. The summed E-state index contributed by atoms with van der Waals surface area (Å²) in [7, 11) is 0. The number of carbonyl (C=O) groups is 1. The molecule has 0 spiro atoms. The summed E-state index contributed by atoms with van der Waals surface area (Å²) in [4.78, 5) is 12.1. The molecule has 0 aromatic heterocycles. The van der Waals surface area contributed by atoms with E-state index in [-0.39, 0.29) is 18.3 Å². The third-order valence-corrected chi connectivity index (χ3v) is 4.67. The molecule has 2 rings (SSSR count). The lowest BCUT2D eigenvalue weighted by molar-refractivity contribution is -0.122. The van der Waals surface area contributed by atoms with Gasteiger partial charge in [0.1, 0.15) is 0 Å². The van der Waals surface area contributed by atoms with Gasteiger partial charge in [0.15, 0.2) is 0 Å². The molecule has 1 aliphatic heterocycles. The number of carbonyl (C=O) groups excluding carboxylic acids is 1. The van der Waals surface area contributed by atoms with Gasteiger partial charge in [-0.15, -0.1) is 12.4 Å². The number of halogens is 1. The molecule has 1 aromatic carbocycles. The fraction of sp³-hybridized carbons (Fsp3) is 0.611. The normalized spacial score (nSPS) is 16.6. The standard InChI is InChI=1S/C18H28N2O.ClH/c1-3-15-6-4-5-7-17(15)13-20-18(21)12-14(2)16-8-10-19-11-9-16;/h4-7,14,16,19H,3,8-13H2,1-2H3,(H,20,21);1H. The third-order valence-electron chi connectivity index (χ3n) is 4.67. The fourth-order valence-electron chi connectivity index (χ4n) is 3.21. The lowest BCUT2D eigenvalue weighted by atomic mass is 9.84. The van der Waals surface area contributed by atoms with E-state index in [1.54, 1.807) is 0 Å². The highest BCUT2D eigenvalue weighted by Crippen LogP contribution is 2.24. The van der Waals surface area contributed by atoms with E-state index in [0.29, 0.717) is 24.8 Å². The number of rotatable bonds is 6. The van der Waals surface area contributed by atoms with Crippen LogP contribution < -0.4 is 10.6 Å². The van der Waals surface area contributed by atoms with Crippen molar-refractivity contribution in [3.05, 3.63) is 35.4 Å². The molecule has 0 radical (unpaired) electrons. The number of aryl methyl sites for hydroxylation is 1. The molecule has 0 bridgehead atoms. The number of hydrogen-bond donors (Lipinski definition) is 2. The molecule has 1 atom stereocenters. The Balaban J connectivity index is 0.00000242. The van der Waals surface area contributed by atoms with Gasteiger partial charge in [0.05, 0.1) is 0 Å². The van der Waals surface area contributed by atoms with Crippen LogP contribution >= 0.6 is 12.4 Å². The topological polar surface area (TPSA) is 41.1 Å². The summed E-state index contributed by atoms with van der Waals surface area (Å²) in [6.07, 6.45) is 4.07. The van der Waals surface area contributed by atoms with Gasteiger partial charge in [-0.25, -0.2) is 0 Å². The van der Waals surface area contributed by atoms with Crippen molar-refractivity contribution in [1.29, 1.82) is 0 Å². The second-order valence-electron chi connectivity index (χ2n) is 6.17. The molecule has 1 aliphatic rings. The molecule has 124 valence electrons. The first kappa shape index (κ1) is 19.0. The number of piperidine rings is 1. The summed E-state index contributed by atoms with van der Waals surface area (Å²) in [6.45, 7) is 7.22. The van der Waals surface area contributed by atoms with E-state index in [9.17, 15) is 4.79 Å². The van der Waals surface area contributed by atoms with Crippen molar-refractivity contribution in [2.24, 2.45) is 11.8 Å². The molecule has 0 saturated carbocycles. The molecular weight excluding hydrogens is 296 g/mol. The van der Waals surface area contributed by atoms with Crippen LogP contribution in [0.4, 0.5) is 0 Å². The predicted molar refractivity (Wildman–Crippen MR) is 94.3 cm³/mol. The Morgan fingerprint density at radius 3 is 2.55 bits per heavy atom. The minimum absolute atomic E-state index is 0. The zero-order valence-corrected chi connectivity index (χ0v) is 14.5. The van der Waals surface area contributed by atoms with Gasteiger partial charge in [0, 0.05) is 13.0 Å². The van der Waals surface area contributed by atoms with Gasteiger partial charge >= 0.3 is 0 Å². The summed E-state index contributed by atoms with van der Waals surface area (Å²) in [5, 5.41) is 6.47. The maximum atomic E-state index is 12.1. The van der Waals surface area contributed by atoms with Crippen LogP contribution in [0.15, 0.2) is 24.3 Å². The van der Waals surface area contributed by atoms with E-state index in [4.69, 9.17) is 0 Å². The lowest BCUT2D eigenvalue weighted by Gasteiger charge is -2.27. The maximum Gasteiger partial charge on any atom is 0.220 e. The Morgan fingerprint density at radius 2 is 1.91 bits per heavy atom. The van der Waals surface area contributed by atoms with E-state index in [0.717, 1.165) is 19.5 Å². The van der Waals surface area contributed by atoms with Crippen LogP contribution in [0.2, 0.25) is 0 Å². The van der Waals surface area contributed by atoms with Gasteiger partial charge in [0.25, 0.3) is 0 Å². The minimum Gasteiger partial charge on any atom is -0.352 e. The van der Waals surface area contributed by atoms with E-state index in [1.165, 1.54) is 24.0 Å². The molecule has 0 aliphatic carbocycles. The third kappa shape index (κ3) is 5.62. The predicted octanol–water partition coefficient (Wildman–Crippen LogP) is 3.31. The summed E-state index contributed by atoms with van der Waals surface area (Å²) < 4.78 is 0. The van der Waals surface area contributed by atoms with E-state index >= 15 is 0 Å². The molecule has 1 unspecified atom stereocenters. The van der Waals surface area contributed by atoms with Crippen molar-refractivity contribution >= 4 is 18.3 Å². The molecule has 1 fully saturated rings. The number of hydrogen-bond acceptors (Lipinski definition) is 2. The highest BCUT2D eigenvalue weighted by Gasteiger charge is 2.21. The van der Waals surface area contributed by atoms with Crippen molar-refractivity contribution in [2.75, 3.05) is 13.1 Å². The van der Waals surface area contributed by atoms with Gasteiger partial charge < -0.3 is 10.6 Å². The fourth-order valence-corrected chi connectivity index (χ4v) is 3.21. The number of nitrogens with one attached hydrogen (secondary N) is 2. The Bertz CT molecular complexity index is 458. The smallest absolute Gasteiger partial charge is 0.220 e. The quantitative estimate of drug-likeness (QED) is 0.843. The van der Waals surface area contributed by atoms with Crippen molar-refractivity contribution in [2.45, 2.75) is 46.1 Å². The molecule has 4 heteroatoms. The largest absolute Gasteiger partial charge is 0.352 e. The SMILES string of the molecule is CCc1ccccc1CNC(=O)CC(C)C1CCNCC1.Cl. The second kappa shape index (κ2) is 9.86. The van der Waals surface area contributed by atoms with Crippen molar-refractivity contribution in [3.63, 3.8) is 0 Å². The molecule has 2 N–H and O–H groups in total. The number of benzene rings is 1. The van der Waals surface area contributed by atoms with Gasteiger partial charge in [-0.3, -0.25) is 4.79 Å². The van der Waals surface area contributed by atoms with Crippen LogP contribution in [0.1, 0.15) is 44.2 Å². The molecular formula is C18H29ClN2O. The first-order chi connectivity index (χ1) is 10.2. The highest BCUT2D eigenvalue weighted by atomic mass is 35.5. The van der Waals surface area contributed by atoms with Crippen LogP contribution in [0.25, 0.3) is 0 Å². The summed E-state index contributed by atoms with van der Waals surface area (Å²) >= 11 is 0. The Morgan fingerprint density at radius 1 is 1.27 bits per heavy atom. The van der Waals surface area contributed by atoms with Gasteiger partial charge in [-0.05, 0) is 55.3 Å². The lowest BCUT2D eigenvalue weighted by Crippen LogP contribution is -2.33. The van der Waals surface area contributed by atoms with Crippen LogP contribution in [0.3, 0.4) is 0 Å². The van der Waals surface area contributed by atoms with E-state index < -0.39 is 0 Å². The van der Waals surface area contributed by atoms with Crippen molar-refractivity contribution in [1.82, 2.24) is 10.6 Å². The average Bonchev–Trinajstić information content (AvgIpc) is 2.54. The van der Waals surface area contributed by atoms with Crippen LogP contribution in [-0.4, -0.2) is 19.0 Å². The van der Waals surface area contributed by atoms with E-state index in [2.05, 4.69) is 42.7 Å². The average molecular weight is 325 g/mol. The molecule has 1 amide bonds. The Labute approximate surface area is 140 Å². The first-order valence-electron chi connectivity index (χ1n) is 8.25. The van der Waals surface area contributed by atoms with Gasteiger partial charge in [-0.2, -0.15) is 0 Å². The molecule has 1 heterocycles. The first-order valence-corrected chi connectivity index (χ1v) is 8.25. The van der Waals surface area contributed by atoms with E-state index in [1.807, 2.05) is 6.07 Å². The summed E-state index contributed by atoms with van der Waals surface area (Å²) in [5.74, 6) is 1.36. The minimum atomic E-state index is 0. The van der Waals surface area contributed by atoms with Crippen LogP contribution in [0, 0.1) is 11.8 Å². The number of amides is 1. The van der Waals surface area contributed by atoms with Gasteiger partial charge in [-0.1, -0.05) is 38.1 Å². The molecule has 3 nitrogen and oxygen atoms in total. The van der Waals surface area contributed by atoms with Crippen molar-refractivity contribution in [3.8, 4) is 0 Å². The summed E-state index contributed by atoms with van der Waals surface area (Å²) in [6, 6.07) is 8.34. The van der Waals surface area contributed by atoms with Crippen LogP contribution in [0.5, 0.6) is 0 Å². The Hall–Kier alpha value is -1.06. The van der Waals surface area contributed by atoms with Crippen molar-refractivity contribution < 1.29 is 4.79 Å². The zero-order chi connectivity index (χ0) is 15.1. The second-order valence-corrected chi connectivity index (χ2v) is 6.17. The highest BCUT2D eigenvalue weighted by molar-refractivity contribution is 5.85.